The molecule has 0 saturated heterocycles. The highest BCUT2D eigenvalue weighted by molar-refractivity contribution is 7.81. The molecule has 0 aromatic rings. The van der Waals surface area contributed by atoms with Crippen molar-refractivity contribution in [2.24, 2.45) is 0 Å². The van der Waals surface area contributed by atoms with Gasteiger partial charge >= 0.3 is 6.95 Å². The lowest BCUT2D eigenvalue weighted by molar-refractivity contribution is 0.415. The molecule has 6 heteroatoms. The zero-order valence-corrected chi connectivity index (χ0v) is 6.74. The molecule has 0 aliphatic rings. The molecule has 0 amide bonds. The van der Waals surface area contributed by atoms with E-state index in [-0.39, 0.29) is 10.5 Å². The Hall–Kier alpha value is 0.657. The lowest BCUT2D eigenvalue weighted by Crippen LogP contribution is -1.71. The Kier molecular flexibility index (Phi) is 2.32. The molecule has 1 unspecified atom stereocenters. The van der Waals surface area contributed by atoms with E-state index >= 15 is 0 Å². The van der Waals surface area contributed by atoms with Gasteiger partial charge in [-0.15, -0.1) is 0 Å². The fourth-order valence-electron chi connectivity index (χ4n) is 0. The van der Waals surface area contributed by atoms with Gasteiger partial charge in [0.1, 0.15) is 0 Å². The SMILES string of the molecule is O=P(O)(Cl)O[SiH3]. The van der Waals surface area contributed by atoms with Crippen LogP contribution in [0.25, 0.3) is 0 Å². The van der Waals surface area contributed by atoms with Crippen LogP contribution in [0.5, 0.6) is 0 Å². The van der Waals surface area contributed by atoms with Crippen LogP contribution >= 0.6 is 18.2 Å². The first kappa shape index (κ1) is 6.66. The second-order valence-electron chi connectivity index (χ2n) is 0.634. The van der Waals surface area contributed by atoms with Crippen molar-refractivity contribution in [2.45, 2.75) is 0 Å². The fraction of sp³-hybridized carbons (Fsp3) is 0. The Labute approximate surface area is 43.1 Å². The van der Waals surface area contributed by atoms with Gasteiger partial charge in [-0.1, -0.05) is 0 Å². The Morgan fingerprint density at radius 1 is 2.00 bits per heavy atom. The summed E-state index contributed by atoms with van der Waals surface area (Å²) in [5, 5.41) is 0. The van der Waals surface area contributed by atoms with Crippen molar-refractivity contribution < 1.29 is 13.7 Å². The largest absolute Gasteiger partial charge is 0.410 e. The maximum absolute atomic E-state index is 9.72. The minimum Gasteiger partial charge on any atom is -0.351 e. The quantitative estimate of drug-likeness (QED) is 0.405. The molecule has 0 aliphatic heterocycles. The molecule has 6 heavy (non-hydrogen) atoms. The lowest BCUT2D eigenvalue weighted by atomic mass is 15.8. The van der Waals surface area contributed by atoms with Crippen LogP contribution in [-0.2, 0) is 8.78 Å². The molecule has 0 fully saturated rings. The van der Waals surface area contributed by atoms with E-state index in [1.165, 1.54) is 0 Å². The molecule has 0 rings (SSSR count). The molecular weight excluding hydrogens is 143 g/mol. The van der Waals surface area contributed by atoms with Gasteiger partial charge in [-0.3, -0.25) is 0 Å². The van der Waals surface area contributed by atoms with E-state index < -0.39 is 6.95 Å². The summed E-state index contributed by atoms with van der Waals surface area (Å²) >= 11 is 4.64. The normalized spacial score (nSPS) is 20.3. The van der Waals surface area contributed by atoms with Gasteiger partial charge < -0.3 is 9.11 Å². The van der Waals surface area contributed by atoms with Gasteiger partial charge in [0.2, 0.25) is 0 Å². The fourth-order valence-corrected chi connectivity index (χ4v) is 0. The van der Waals surface area contributed by atoms with Crippen molar-refractivity contribution in [3.05, 3.63) is 0 Å². The van der Waals surface area contributed by atoms with Gasteiger partial charge in [-0.25, -0.2) is 4.57 Å². The van der Waals surface area contributed by atoms with E-state index in [1.54, 1.807) is 0 Å². The topological polar surface area (TPSA) is 46.5 Å². The van der Waals surface area contributed by atoms with E-state index in [1.807, 2.05) is 0 Å². The third kappa shape index (κ3) is 4.66. The molecule has 0 aromatic carbocycles. The first-order valence-corrected chi connectivity index (χ1v) is 4.44. The van der Waals surface area contributed by atoms with E-state index in [0.29, 0.717) is 0 Å². The Morgan fingerprint density at radius 2 is 2.17 bits per heavy atom. The van der Waals surface area contributed by atoms with Crippen LogP contribution in [0.15, 0.2) is 0 Å². The molecule has 0 aliphatic carbocycles. The lowest BCUT2D eigenvalue weighted by Gasteiger charge is -1.93. The Morgan fingerprint density at radius 3 is 2.17 bits per heavy atom. The van der Waals surface area contributed by atoms with Crippen molar-refractivity contribution in [3.63, 3.8) is 0 Å². The van der Waals surface area contributed by atoms with E-state index in [0.717, 1.165) is 0 Å². The van der Waals surface area contributed by atoms with E-state index in [9.17, 15) is 4.57 Å². The molecular formula is H4ClO3PSi. The van der Waals surface area contributed by atoms with Gasteiger partial charge in [0, 0.05) is 11.2 Å². The molecule has 0 saturated carbocycles. The number of hydrogen-bond acceptors (Lipinski definition) is 2. The van der Waals surface area contributed by atoms with E-state index in [4.69, 9.17) is 4.89 Å². The van der Waals surface area contributed by atoms with Crippen molar-refractivity contribution in [1.29, 1.82) is 0 Å². The predicted octanol–water partition coefficient (Wildman–Crippen LogP) is -0.377. The van der Waals surface area contributed by atoms with Crippen LogP contribution in [-0.4, -0.2) is 15.4 Å². The highest BCUT2D eigenvalue weighted by Gasteiger charge is 2.06. The van der Waals surface area contributed by atoms with Gasteiger partial charge in [-0.05, 0) is 0 Å². The summed E-state index contributed by atoms with van der Waals surface area (Å²) in [7, 11) is 0.203. The molecule has 0 aromatic heterocycles. The summed E-state index contributed by atoms with van der Waals surface area (Å²) < 4.78 is 13.7. The molecule has 0 spiro atoms. The molecule has 1 N–H and O–H groups in total. The minimum atomic E-state index is -3.61. The van der Waals surface area contributed by atoms with Gasteiger partial charge in [0.05, 0.1) is 0 Å². The first-order chi connectivity index (χ1) is 2.56. The number of halogens is 1. The highest BCUT2D eigenvalue weighted by atomic mass is 35.7. The highest BCUT2D eigenvalue weighted by Crippen LogP contribution is 2.45. The van der Waals surface area contributed by atoms with Crippen molar-refractivity contribution in [1.82, 2.24) is 0 Å². The summed E-state index contributed by atoms with van der Waals surface area (Å²) in [6.45, 7) is -3.61. The smallest absolute Gasteiger partial charge is 0.351 e. The van der Waals surface area contributed by atoms with Crippen LogP contribution in [0.3, 0.4) is 0 Å². The zero-order valence-electron chi connectivity index (χ0n) is 3.09. The number of rotatable bonds is 1. The van der Waals surface area contributed by atoms with Crippen LogP contribution in [0.2, 0.25) is 0 Å². The van der Waals surface area contributed by atoms with Crippen molar-refractivity contribution >= 4 is 28.7 Å². The van der Waals surface area contributed by atoms with Gasteiger partial charge in [0.15, 0.2) is 10.5 Å². The average Bonchev–Trinajstić information content (AvgIpc) is 1.35. The van der Waals surface area contributed by atoms with Gasteiger partial charge in [-0.2, -0.15) is 0 Å². The standard InChI is InChI=1S/ClH4O3PSi/c1-5(2,3)4-6/h6H3,(H,2,3). The molecule has 0 radical (unpaired) electrons. The second kappa shape index (κ2) is 2.09. The summed E-state index contributed by atoms with van der Waals surface area (Å²) in [6.07, 6.45) is 0. The molecule has 0 bridgehead atoms. The van der Waals surface area contributed by atoms with Crippen LogP contribution in [0.4, 0.5) is 0 Å². The van der Waals surface area contributed by atoms with Crippen molar-refractivity contribution in [3.8, 4) is 0 Å². The molecule has 0 heterocycles. The summed E-state index contributed by atoms with van der Waals surface area (Å²) in [6, 6.07) is 0. The summed E-state index contributed by atoms with van der Waals surface area (Å²) in [5.74, 6) is 0. The van der Waals surface area contributed by atoms with Crippen LogP contribution in [0.1, 0.15) is 0 Å². The predicted molar refractivity (Wildman–Crippen MR) is 26.7 cm³/mol. The zero-order chi connectivity index (χ0) is 5.21. The van der Waals surface area contributed by atoms with E-state index in [2.05, 4.69) is 15.5 Å². The minimum absolute atomic E-state index is 0.203. The Bertz CT molecular complexity index is 74.9. The third-order valence-electron chi connectivity index (χ3n) is 0.225. The van der Waals surface area contributed by atoms with Gasteiger partial charge in [0.25, 0.3) is 0 Å². The summed E-state index contributed by atoms with van der Waals surface area (Å²) in [5.41, 5.74) is 0. The maximum atomic E-state index is 9.72. The molecule has 3 nitrogen and oxygen atoms in total. The molecule has 38 valence electrons. The number of hydrogen-bond donors (Lipinski definition) is 1. The average molecular weight is 147 g/mol. The van der Waals surface area contributed by atoms with Crippen molar-refractivity contribution in [2.75, 3.05) is 0 Å². The first-order valence-electron chi connectivity index (χ1n) is 1.14. The molecule has 1 atom stereocenters. The van der Waals surface area contributed by atoms with Crippen LogP contribution < -0.4 is 0 Å². The maximum Gasteiger partial charge on any atom is 0.410 e. The summed E-state index contributed by atoms with van der Waals surface area (Å²) in [4.78, 5) is 7.96. The monoisotopic (exact) mass is 146 g/mol. The van der Waals surface area contributed by atoms with Crippen LogP contribution in [0, 0.1) is 0 Å². The third-order valence-corrected chi connectivity index (χ3v) is 3.27. The second-order valence-corrected chi connectivity index (χ2v) is 4.28. The Balaban J connectivity index is 3.48.